The van der Waals surface area contributed by atoms with Crippen LogP contribution in [0, 0.1) is 0 Å². The molecule has 0 heterocycles. The third-order valence-electron chi connectivity index (χ3n) is 4.48. The SMILES string of the molecule is O=C(O)c1cc(-c2cccc(-c3ccccc3)c2)c(C(=O)O)c(C(=O)O)c1C(=O)O. The molecule has 8 nitrogen and oxygen atoms in total. The summed E-state index contributed by atoms with van der Waals surface area (Å²) >= 11 is 0. The molecule has 0 aromatic heterocycles. The van der Waals surface area contributed by atoms with Gasteiger partial charge >= 0.3 is 23.9 Å². The highest BCUT2D eigenvalue weighted by Crippen LogP contribution is 2.34. The highest BCUT2D eigenvalue weighted by molar-refractivity contribution is 6.16. The predicted octanol–water partition coefficient (Wildman–Crippen LogP) is 3.81. The summed E-state index contributed by atoms with van der Waals surface area (Å²) in [6, 6.07) is 16.4. The van der Waals surface area contributed by atoms with Gasteiger partial charge in [-0.2, -0.15) is 0 Å². The second kappa shape index (κ2) is 7.88. The molecule has 30 heavy (non-hydrogen) atoms. The Hall–Kier alpha value is -4.46. The number of hydrogen-bond acceptors (Lipinski definition) is 4. The molecule has 0 bridgehead atoms. The van der Waals surface area contributed by atoms with Crippen molar-refractivity contribution in [1.29, 1.82) is 0 Å². The summed E-state index contributed by atoms with van der Waals surface area (Å²) < 4.78 is 0. The molecular weight excluding hydrogens is 392 g/mol. The topological polar surface area (TPSA) is 149 Å². The van der Waals surface area contributed by atoms with Crippen molar-refractivity contribution in [3.8, 4) is 22.3 Å². The van der Waals surface area contributed by atoms with Crippen LogP contribution < -0.4 is 0 Å². The van der Waals surface area contributed by atoms with Crippen LogP contribution in [0.15, 0.2) is 60.7 Å². The predicted molar refractivity (Wildman–Crippen MR) is 105 cm³/mol. The van der Waals surface area contributed by atoms with Crippen molar-refractivity contribution in [3.63, 3.8) is 0 Å². The van der Waals surface area contributed by atoms with Gasteiger partial charge in [0.25, 0.3) is 0 Å². The molecule has 3 rings (SSSR count). The zero-order valence-corrected chi connectivity index (χ0v) is 15.2. The number of benzene rings is 3. The van der Waals surface area contributed by atoms with Crippen molar-refractivity contribution in [3.05, 3.63) is 82.9 Å². The van der Waals surface area contributed by atoms with Crippen LogP contribution in [0.2, 0.25) is 0 Å². The third-order valence-corrected chi connectivity index (χ3v) is 4.48. The molecule has 3 aromatic carbocycles. The number of carboxylic acids is 4. The summed E-state index contributed by atoms with van der Waals surface area (Å²) in [5.74, 6) is -7.08. The summed E-state index contributed by atoms with van der Waals surface area (Å²) in [6.45, 7) is 0. The number of hydrogen-bond donors (Lipinski definition) is 4. The van der Waals surface area contributed by atoms with E-state index in [0.717, 1.165) is 11.6 Å². The molecule has 0 aliphatic carbocycles. The van der Waals surface area contributed by atoms with E-state index in [9.17, 15) is 39.6 Å². The lowest BCUT2D eigenvalue weighted by molar-refractivity contribution is 0.0620. The first-order valence-electron chi connectivity index (χ1n) is 8.52. The minimum absolute atomic E-state index is 0.208. The van der Waals surface area contributed by atoms with E-state index in [4.69, 9.17) is 0 Å². The highest BCUT2D eigenvalue weighted by atomic mass is 16.4. The van der Waals surface area contributed by atoms with Crippen LogP contribution >= 0.6 is 0 Å². The van der Waals surface area contributed by atoms with Crippen LogP contribution in [0.1, 0.15) is 41.4 Å². The first-order valence-corrected chi connectivity index (χ1v) is 8.52. The molecule has 0 fully saturated rings. The van der Waals surface area contributed by atoms with Gasteiger partial charge in [-0.3, -0.25) is 0 Å². The molecule has 0 saturated heterocycles. The lowest BCUT2D eigenvalue weighted by Gasteiger charge is -2.15. The van der Waals surface area contributed by atoms with E-state index in [1.165, 1.54) is 6.07 Å². The third kappa shape index (κ3) is 3.61. The molecule has 4 N–H and O–H groups in total. The number of carboxylic acid groups (broad SMARTS) is 4. The van der Waals surface area contributed by atoms with Crippen molar-refractivity contribution in [1.82, 2.24) is 0 Å². The van der Waals surface area contributed by atoms with Crippen LogP contribution in [0.3, 0.4) is 0 Å². The largest absolute Gasteiger partial charge is 0.478 e. The average Bonchev–Trinajstić information content (AvgIpc) is 2.72. The van der Waals surface area contributed by atoms with Gasteiger partial charge in [0.15, 0.2) is 0 Å². The maximum atomic E-state index is 11.9. The Balaban J connectivity index is 2.41. The number of aromatic carboxylic acids is 4. The summed E-state index contributed by atoms with van der Waals surface area (Å²) in [4.78, 5) is 47.0. The Morgan fingerprint density at radius 2 is 1.03 bits per heavy atom. The second-order valence-corrected chi connectivity index (χ2v) is 6.26. The van der Waals surface area contributed by atoms with E-state index >= 15 is 0 Å². The van der Waals surface area contributed by atoms with Crippen molar-refractivity contribution in [2.75, 3.05) is 0 Å². The van der Waals surface area contributed by atoms with Crippen molar-refractivity contribution < 1.29 is 39.6 Å². The Labute approximate surface area is 169 Å². The van der Waals surface area contributed by atoms with Crippen molar-refractivity contribution in [2.24, 2.45) is 0 Å². The van der Waals surface area contributed by atoms with Crippen molar-refractivity contribution >= 4 is 23.9 Å². The van der Waals surface area contributed by atoms with Crippen LogP contribution in [0.5, 0.6) is 0 Å². The van der Waals surface area contributed by atoms with Crippen LogP contribution in [-0.2, 0) is 0 Å². The maximum Gasteiger partial charge on any atom is 0.337 e. The molecule has 0 spiro atoms. The smallest absolute Gasteiger partial charge is 0.337 e. The fourth-order valence-electron chi connectivity index (χ4n) is 3.23. The van der Waals surface area contributed by atoms with Gasteiger partial charge in [0.05, 0.1) is 22.3 Å². The minimum atomic E-state index is -1.85. The number of rotatable bonds is 6. The van der Waals surface area contributed by atoms with Crippen molar-refractivity contribution in [2.45, 2.75) is 0 Å². The summed E-state index contributed by atoms with van der Waals surface area (Å²) in [6.07, 6.45) is 0. The van der Waals surface area contributed by atoms with Gasteiger partial charge in [0, 0.05) is 0 Å². The zero-order valence-electron chi connectivity index (χ0n) is 15.2. The zero-order chi connectivity index (χ0) is 22.0. The summed E-state index contributed by atoms with van der Waals surface area (Å²) in [5.41, 5.74) is -2.28. The van der Waals surface area contributed by atoms with E-state index in [1.54, 1.807) is 30.3 Å². The molecule has 3 aromatic rings. The van der Waals surface area contributed by atoms with Gasteiger partial charge in [0.2, 0.25) is 0 Å². The van der Waals surface area contributed by atoms with Gasteiger partial charge in [-0.25, -0.2) is 19.2 Å². The minimum Gasteiger partial charge on any atom is -0.478 e. The monoisotopic (exact) mass is 406 g/mol. The molecule has 150 valence electrons. The maximum absolute atomic E-state index is 11.9. The molecule has 0 aliphatic heterocycles. The Bertz CT molecular complexity index is 1200. The quantitative estimate of drug-likeness (QED) is 0.483. The Morgan fingerprint density at radius 3 is 1.57 bits per heavy atom. The average molecular weight is 406 g/mol. The molecule has 0 amide bonds. The molecule has 0 aliphatic rings. The van der Waals surface area contributed by atoms with E-state index in [-0.39, 0.29) is 11.1 Å². The molecule has 0 radical (unpaired) electrons. The van der Waals surface area contributed by atoms with Crippen LogP contribution in [-0.4, -0.2) is 44.3 Å². The molecule has 0 unspecified atom stereocenters. The molecule has 0 saturated carbocycles. The van der Waals surface area contributed by atoms with Crippen LogP contribution in [0.4, 0.5) is 0 Å². The van der Waals surface area contributed by atoms with Gasteiger partial charge in [-0.1, -0.05) is 48.5 Å². The van der Waals surface area contributed by atoms with Crippen LogP contribution in [0.25, 0.3) is 22.3 Å². The van der Waals surface area contributed by atoms with Gasteiger partial charge in [-0.15, -0.1) is 0 Å². The first kappa shape index (κ1) is 20.3. The van der Waals surface area contributed by atoms with Gasteiger partial charge < -0.3 is 20.4 Å². The summed E-state index contributed by atoms with van der Waals surface area (Å²) in [7, 11) is 0. The lowest BCUT2D eigenvalue weighted by Crippen LogP contribution is -2.20. The molecule has 8 heteroatoms. The Morgan fingerprint density at radius 1 is 0.500 bits per heavy atom. The number of carbonyl (C=O) groups is 4. The standard InChI is InChI=1S/C22H14O8/c23-19(24)15-10-14(16(20(25)26)18(22(29)30)17(15)21(27)28)13-8-4-7-12(9-13)11-5-2-1-3-6-11/h1-10H,(H,23,24)(H,25,26)(H,27,28)(H,29,30). The highest BCUT2D eigenvalue weighted by Gasteiger charge is 2.32. The fourth-order valence-corrected chi connectivity index (χ4v) is 3.23. The van der Waals surface area contributed by atoms with Gasteiger partial charge in [-0.05, 0) is 34.4 Å². The van der Waals surface area contributed by atoms with Gasteiger partial charge in [0.1, 0.15) is 0 Å². The van der Waals surface area contributed by atoms with E-state index in [2.05, 4.69) is 0 Å². The molecule has 0 atom stereocenters. The fraction of sp³-hybridized carbons (Fsp3) is 0. The molecular formula is C22H14O8. The Kier molecular flexibility index (Phi) is 5.33. The second-order valence-electron chi connectivity index (χ2n) is 6.26. The normalized spacial score (nSPS) is 10.4. The van der Waals surface area contributed by atoms with E-state index < -0.39 is 46.1 Å². The van der Waals surface area contributed by atoms with E-state index in [0.29, 0.717) is 5.56 Å². The lowest BCUT2D eigenvalue weighted by atomic mass is 9.87. The van der Waals surface area contributed by atoms with E-state index in [1.807, 2.05) is 18.2 Å². The summed E-state index contributed by atoms with van der Waals surface area (Å²) in [5, 5.41) is 38.0. The first-order chi connectivity index (χ1) is 14.2.